The molecule has 9 heteroatoms. The maximum absolute atomic E-state index is 12.9. The van der Waals surface area contributed by atoms with E-state index in [-0.39, 0.29) is 18.0 Å². The number of aromatic amines is 1. The van der Waals surface area contributed by atoms with E-state index in [0.29, 0.717) is 36.7 Å². The van der Waals surface area contributed by atoms with E-state index in [4.69, 9.17) is 21.1 Å². The number of ether oxygens (including phenoxy) is 2. The first-order chi connectivity index (χ1) is 17.5. The topological polar surface area (TPSA) is 86.9 Å². The molecule has 1 fully saturated rings. The third-order valence-electron chi connectivity index (χ3n) is 6.90. The zero-order valence-corrected chi connectivity index (χ0v) is 21.1. The first-order valence-corrected chi connectivity index (χ1v) is 12.8. The number of carbonyl (C=O) groups excluding carboxylic acids is 2. The summed E-state index contributed by atoms with van der Waals surface area (Å²) >= 11 is 6.27. The molecule has 2 aromatic carbocycles. The number of nitrogens with zero attached hydrogens (tertiary/aromatic N) is 2. The molecule has 0 bridgehead atoms. The van der Waals surface area contributed by atoms with E-state index >= 15 is 0 Å². The summed E-state index contributed by atoms with van der Waals surface area (Å²) in [4.78, 5) is 33.1. The number of morpholine rings is 1. The van der Waals surface area contributed by atoms with Crippen LogP contribution in [-0.4, -0.2) is 79.3 Å². The molecule has 8 nitrogen and oxygen atoms in total. The number of hydrogen-bond acceptors (Lipinski definition) is 5. The second kappa shape index (κ2) is 10.9. The number of nitrogens with one attached hydrogen (secondary N) is 2. The Kier molecular flexibility index (Phi) is 7.46. The molecule has 2 amide bonds. The van der Waals surface area contributed by atoms with Gasteiger partial charge in [-0.25, -0.2) is 4.79 Å². The molecular formula is C27H31ClN4O4. The SMILES string of the molecule is CCOC(=O)N1CCc2c([nH]c3ccc(Cl)cc23)C1c1ccc(C(=O)NCCN2CCOCC2)cc1. The van der Waals surface area contributed by atoms with Crippen molar-refractivity contribution >= 4 is 34.5 Å². The van der Waals surface area contributed by atoms with Gasteiger partial charge < -0.3 is 19.8 Å². The van der Waals surface area contributed by atoms with Crippen LogP contribution in [0.2, 0.25) is 5.02 Å². The van der Waals surface area contributed by atoms with Gasteiger partial charge in [0.15, 0.2) is 0 Å². The van der Waals surface area contributed by atoms with Gasteiger partial charge in [-0.1, -0.05) is 23.7 Å². The molecule has 36 heavy (non-hydrogen) atoms. The summed E-state index contributed by atoms with van der Waals surface area (Å²) in [7, 11) is 0. The third kappa shape index (κ3) is 5.07. The molecule has 0 saturated carbocycles. The van der Waals surface area contributed by atoms with E-state index in [1.807, 2.05) is 42.5 Å². The highest BCUT2D eigenvalue weighted by atomic mass is 35.5. The summed E-state index contributed by atoms with van der Waals surface area (Å²) in [6.07, 6.45) is 0.351. The highest BCUT2D eigenvalue weighted by Crippen LogP contribution is 2.39. The molecule has 3 aromatic rings. The van der Waals surface area contributed by atoms with Crippen LogP contribution in [0.5, 0.6) is 0 Å². The number of halogens is 1. The predicted octanol–water partition coefficient (Wildman–Crippen LogP) is 3.99. The lowest BCUT2D eigenvalue weighted by Gasteiger charge is -2.35. The van der Waals surface area contributed by atoms with Crippen LogP contribution in [0.1, 0.15) is 40.1 Å². The zero-order chi connectivity index (χ0) is 25.1. The zero-order valence-electron chi connectivity index (χ0n) is 20.4. The molecule has 0 spiro atoms. The Hall–Kier alpha value is -3.07. The van der Waals surface area contributed by atoms with Gasteiger partial charge in [0.1, 0.15) is 6.04 Å². The van der Waals surface area contributed by atoms with Gasteiger partial charge in [-0.2, -0.15) is 0 Å². The quantitative estimate of drug-likeness (QED) is 0.523. The Morgan fingerprint density at radius 3 is 2.67 bits per heavy atom. The fourth-order valence-corrected chi connectivity index (χ4v) is 5.25. The second-order valence-corrected chi connectivity index (χ2v) is 9.52. The molecule has 1 atom stereocenters. The van der Waals surface area contributed by atoms with Crippen molar-refractivity contribution in [2.45, 2.75) is 19.4 Å². The molecule has 3 heterocycles. The number of rotatable bonds is 6. The fraction of sp³-hybridized carbons (Fsp3) is 0.407. The highest BCUT2D eigenvalue weighted by molar-refractivity contribution is 6.31. The predicted molar refractivity (Wildman–Crippen MR) is 139 cm³/mol. The van der Waals surface area contributed by atoms with Gasteiger partial charge in [0, 0.05) is 59.9 Å². The summed E-state index contributed by atoms with van der Waals surface area (Å²) in [5.74, 6) is -0.110. The van der Waals surface area contributed by atoms with Gasteiger partial charge in [0.05, 0.1) is 19.8 Å². The van der Waals surface area contributed by atoms with E-state index in [1.165, 1.54) is 0 Å². The minimum atomic E-state index is -0.352. The fourth-order valence-electron chi connectivity index (χ4n) is 5.08. The van der Waals surface area contributed by atoms with Crippen LogP contribution in [0.25, 0.3) is 10.9 Å². The van der Waals surface area contributed by atoms with Gasteiger partial charge >= 0.3 is 6.09 Å². The van der Waals surface area contributed by atoms with Gasteiger partial charge in [0.2, 0.25) is 0 Å². The van der Waals surface area contributed by atoms with E-state index in [9.17, 15) is 9.59 Å². The van der Waals surface area contributed by atoms with Crippen molar-refractivity contribution in [1.29, 1.82) is 0 Å². The Balaban J connectivity index is 1.37. The lowest BCUT2D eigenvalue weighted by atomic mass is 9.92. The average Bonchev–Trinajstić information content (AvgIpc) is 3.26. The lowest BCUT2D eigenvalue weighted by molar-refractivity contribution is 0.0383. The van der Waals surface area contributed by atoms with Crippen molar-refractivity contribution in [1.82, 2.24) is 20.1 Å². The Bertz CT molecular complexity index is 1240. The smallest absolute Gasteiger partial charge is 0.410 e. The summed E-state index contributed by atoms with van der Waals surface area (Å²) in [6, 6.07) is 12.9. The summed E-state index contributed by atoms with van der Waals surface area (Å²) in [6.45, 7) is 7.29. The molecular weight excluding hydrogens is 480 g/mol. The standard InChI is InChI=1S/C27H31ClN4O4/c1-2-36-27(34)32-11-9-21-22-17-20(28)7-8-23(22)30-24(21)25(32)18-3-5-19(6-4-18)26(33)29-10-12-31-13-15-35-16-14-31/h3-8,17,25,30H,2,9-16H2,1H3,(H,29,33). The largest absolute Gasteiger partial charge is 0.450 e. The van der Waals surface area contributed by atoms with Crippen molar-refractivity contribution in [3.8, 4) is 0 Å². The monoisotopic (exact) mass is 510 g/mol. The minimum absolute atomic E-state index is 0.110. The van der Waals surface area contributed by atoms with E-state index in [0.717, 1.165) is 60.6 Å². The normalized spacial score (nSPS) is 18.2. The van der Waals surface area contributed by atoms with E-state index in [2.05, 4.69) is 15.2 Å². The molecule has 0 aliphatic carbocycles. The van der Waals surface area contributed by atoms with Crippen LogP contribution in [0.15, 0.2) is 42.5 Å². The van der Waals surface area contributed by atoms with Crippen molar-refractivity contribution in [3.05, 3.63) is 69.9 Å². The van der Waals surface area contributed by atoms with Gasteiger partial charge in [0.25, 0.3) is 5.91 Å². The molecule has 0 radical (unpaired) electrons. The highest BCUT2D eigenvalue weighted by Gasteiger charge is 2.35. The number of aromatic nitrogens is 1. The number of hydrogen-bond donors (Lipinski definition) is 2. The van der Waals surface area contributed by atoms with Crippen molar-refractivity contribution < 1.29 is 19.1 Å². The third-order valence-corrected chi connectivity index (χ3v) is 7.13. The molecule has 2 aliphatic heterocycles. The summed E-state index contributed by atoms with van der Waals surface area (Å²) in [5.41, 5.74) is 4.59. The summed E-state index contributed by atoms with van der Waals surface area (Å²) < 4.78 is 10.7. The molecule has 5 rings (SSSR count). The Labute approximate surface area is 215 Å². The number of amides is 2. The molecule has 2 aliphatic rings. The van der Waals surface area contributed by atoms with Crippen LogP contribution in [0.4, 0.5) is 4.79 Å². The molecule has 190 valence electrons. The van der Waals surface area contributed by atoms with Crippen LogP contribution < -0.4 is 5.32 Å². The van der Waals surface area contributed by atoms with Crippen molar-refractivity contribution in [2.75, 3.05) is 52.5 Å². The maximum atomic E-state index is 12.9. The Morgan fingerprint density at radius 2 is 1.92 bits per heavy atom. The van der Waals surface area contributed by atoms with E-state index in [1.54, 1.807) is 11.8 Å². The van der Waals surface area contributed by atoms with Crippen LogP contribution >= 0.6 is 11.6 Å². The number of benzene rings is 2. The molecule has 1 saturated heterocycles. The molecule has 2 N–H and O–H groups in total. The van der Waals surface area contributed by atoms with Crippen LogP contribution in [0, 0.1) is 0 Å². The first-order valence-electron chi connectivity index (χ1n) is 12.5. The summed E-state index contributed by atoms with van der Waals surface area (Å²) in [5, 5.41) is 4.75. The van der Waals surface area contributed by atoms with Gasteiger partial charge in [-0.05, 0) is 54.8 Å². The number of fused-ring (bicyclic) bond motifs is 3. The maximum Gasteiger partial charge on any atom is 0.410 e. The van der Waals surface area contributed by atoms with Crippen molar-refractivity contribution in [2.24, 2.45) is 0 Å². The Morgan fingerprint density at radius 1 is 1.14 bits per heavy atom. The average molecular weight is 511 g/mol. The molecule has 1 aromatic heterocycles. The van der Waals surface area contributed by atoms with Crippen LogP contribution in [0.3, 0.4) is 0 Å². The van der Waals surface area contributed by atoms with Crippen molar-refractivity contribution in [3.63, 3.8) is 0 Å². The number of carbonyl (C=O) groups is 2. The lowest BCUT2D eigenvalue weighted by Crippen LogP contribution is -2.41. The minimum Gasteiger partial charge on any atom is -0.450 e. The van der Waals surface area contributed by atoms with Gasteiger partial charge in [-0.15, -0.1) is 0 Å². The van der Waals surface area contributed by atoms with Gasteiger partial charge in [-0.3, -0.25) is 14.6 Å². The van der Waals surface area contributed by atoms with Crippen LogP contribution in [-0.2, 0) is 15.9 Å². The second-order valence-electron chi connectivity index (χ2n) is 9.08. The molecule has 1 unspecified atom stereocenters. The number of H-pyrrole nitrogens is 1. The van der Waals surface area contributed by atoms with E-state index < -0.39 is 0 Å². The first kappa shape index (κ1) is 24.6.